The van der Waals surface area contributed by atoms with Crippen LogP contribution in [0.3, 0.4) is 0 Å². The molecule has 1 amide bonds. The van der Waals surface area contributed by atoms with Crippen molar-refractivity contribution >= 4 is 22.2 Å². The van der Waals surface area contributed by atoms with Gasteiger partial charge in [0.25, 0.3) is 0 Å². The zero-order chi connectivity index (χ0) is 19.3. The summed E-state index contributed by atoms with van der Waals surface area (Å²) < 4.78 is 18.0. The number of piperidine rings is 1. The number of hydrogen-bond acceptors (Lipinski definition) is 4. The third-order valence-electron chi connectivity index (χ3n) is 5.10. The summed E-state index contributed by atoms with van der Waals surface area (Å²) in [5.41, 5.74) is -0.169. The number of likely N-dealkylation sites (tertiary alicyclic amines) is 1. The normalized spacial score (nSPS) is 27.6. The molecule has 2 saturated heterocycles. The highest BCUT2D eigenvalue weighted by molar-refractivity contribution is 6.79. The third-order valence-corrected chi connectivity index (χ3v) is 10.1. The van der Waals surface area contributed by atoms with Crippen LogP contribution < -0.4 is 0 Å². The molecule has 0 radical (unpaired) electrons. The van der Waals surface area contributed by atoms with Crippen LogP contribution in [-0.2, 0) is 14.2 Å². The minimum atomic E-state index is -1.68. The van der Waals surface area contributed by atoms with Crippen LogP contribution in [0, 0.1) is 0 Å². The highest BCUT2D eigenvalue weighted by atomic mass is 28.3. The Morgan fingerprint density at radius 2 is 1.36 bits per heavy atom. The van der Waals surface area contributed by atoms with Crippen LogP contribution in [0.4, 0.5) is 4.79 Å². The van der Waals surface area contributed by atoms with E-state index in [1.165, 1.54) is 0 Å². The maximum atomic E-state index is 13.2. The summed E-state index contributed by atoms with van der Waals surface area (Å²) in [5, 5.41) is 0. The number of carbonyl (C=O) groups is 1. The SMILES string of the molecule is CC(C)(C)OC(=O)N1C([Si](C)(C)C)CC2(CC1[Si](C)(C)C)OCCO2. The minimum absolute atomic E-state index is 0.158. The molecule has 5 nitrogen and oxygen atoms in total. The predicted octanol–water partition coefficient (Wildman–Crippen LogP) is 4.25. The van der Waals surface area contributed by atoms with Crippen LogP contribution >= 0.6 is 0 Å². The molecule has 0 aliphatic carbocycles. The molecule has 2 aliphatic heterocycles. The van der Waals surface area contributed by atoms with E-state index in [0.717, 1.165) is 12.8 Å². The van der Waals surface area contributed by atoms with E-state index in [1.54, 1.807) is 0 Å². The highest BCUT2D eigenvalue weighted by Crippen LogP contribution is 2.43. The van der Waals surface area contributed by atoms with Gasteiger partial charge in [0.05, 0.1) is 29.4 Å². The molecule has 0 saturated carbocycles. The number of carbonyl (C=O) groups excluding carboxylic acids is 1. The summed E-state index contributed by atoms with van der Waals surface area (Å²) in [6.07, 6.45) is 1.37. The molecule has 25 heavy (non-hydrogen) atoms. The molecular formula is C18H37NO4Si2. The van der Waals surface area contributed by atoms with Crippen molar-refractivity contribution in [2.75, 3.05) is 13.2 Å². The first-order chi connectivity index (χ1) is 11.1. The van der Waals surface area contributed by atoms with E-state index in [-0.39, 0.29) is 17.4 Å². The van der Waals surface area contributed by atoms with Gasteiger partial charge in [0.1, 0.15) is 5.60 Å². The van der Waals surface area contributed by atoms with Gasteiger partial charge in [-0.2, -0.15) is 0 Å². The first kappa shape index (κ1) is 20.9. The van der Waals surface area contributed by atoms with Crippen molar-refractivity contribution in [3.8, 4) is 0 Å². The minimum Gasteiger partial charge on any atom is -0.444 e. The van der Waals surface area contributed by atoms with E-state index in [1.807, 2.05) is 20.8 Å². The number of amides is 1. The topological polar surface area (TPSA) is 48.0 Å². The van der Waals surface area contributed by atoms with Crippen molar-refractivity contribution in [2.45, 2.75) is 95.6 Å². The summed E-state index contributed by atoms with van der Waals surface area (Å²) in [4.78, 5) is 15.3. The summed E-state index contributed by atoms with van der Waals surface area (Å²) >= 11 is 0. The van der Waals surface area contributed by atoms with E-state index < -0.39 is 27.5 Å². The number of rotatable bonds is 2. The largest absolute Gasteiger partial charge is 0.444 e. The Balaban J connectivity index is 2.44. The fourth-order valence-corrected chi connectivity index (χ4v) is 8.07. The van der Waals surface area contributed by atoms with Crippen molar-refractivity contribution in [1.29, 1.82) is 0 Å². The molecule has 0 aromatic heterocycles. The number of hydrogen-bond donors (Lipinski definition) is 0. The van der Waals surface area contributed by atoms with Crippen LogP contribution in [0.5, 0.6) is 0 Å². The molecule has 0 aromatic rings. The van der Waals surface area contributed by atoms with Crippen molar-refractivity contribution < 1.29 is 19.0 Å². The van der Waals surface area contributed by atoms with E-state index in [2.05, 4.69) is 44.2 Å². The van der Waals surface area contributed by atoms with Crippen LogP contribution in [0.25, 0.3) is 0 Å². The molecule has 2 atom stereocenters. The van der Waals surface area contributed by atoms with Gasteiger partial charge in [-0.1, -0.05) is 39.3 Å². The fraction of sp³-hybridized carbons (Fsp3) is 0.944. The maximum absolute atomic E-state index is 13.2. The smallest absolute Gasteiger partial charge is 0.410 e. The molecule has 2 heterocycles. The Morgan fingerprint density at radius 1 is 0.960 bits per heavy atom. The fourth-order valence-electron chi connectivity index (χ4n) is 3.84. The molecule has 0 bridgehead atoms. The van der Waals surface area contributed by atoms with Crippen molar-refractivity contribution in [1.82, 2.24) is 4.90 Å². The molecule has 0 N–H and O–H groups in total. The maximum Gasteiger partial charge on any atom is 0.410 e. The van der Waals surface area contributed by atoms with Gasteiger partial charge < -0.3 is 19.1 Å². The molecule has 146 valence electrons. The first-order valence-electron chi connectivity index (χ1n) is 9.44. The molecule has 2 unspecified atom stereocenters. The van der Waals surface area contributed by atoms with Crippen LogP contribution in [-0.4, -0.2) is 63.1 Å². The van der Waals surface area contributed by atoms with E-state index >= 15 is 0 Å². The summed E-state index contributed by atoms with van der Waals surface area (Å²) in [5.74, 6) is -0.506. The second-order valence-electron chi connectivity index (χ2n) is 10.7. The van der Waals surface area contributed by atoms with Crippen molar-refractivity contribution in [2.24, 2.45) is 0 Å². The van der Waals surface area contributed by atoms with Gasteiger partial charge in [-0.25, -0.2) is 4.79 Å². The van der Waals surface area contributed by atoms with Crippen LogP contribution in [0.15, 0.2) is 0 Å². The Kier molecular flexibility index (Phi) is 5.57. The van der Waals surface area contributed by atoms with E-state index in [4.69, 9.17) is 14.2 Å². The standard InChI is InChI=1S/C18H37NO4Si2/c1-17(2,3)23-16(20)19-14(24(4,5)6)12-18(21-10-11-22-18)13-15(19)25(7,8)9/h14-15H,10-13H2,1-9H3. The Bertz CT molecular complexity index is 473. The second-order valence-corrected chi connectivity index (χ2v) is 21.5. The van der Waals surface area contributed by atoms with Crippen LogP contribution in [0.1, 0.15) is 33.6 Å². The van der Waals surface area contributed by atoms with Gasteiger partial charge in [-0.05, 0) is 20.8 Å². The lowest BCUT2D eigenvalue weighted by Gasteiger charge is -2.55. The first-order valence-corrected chi connectivity index (χ1v) is 16.6. The van der Waals surface area contributed by atoms with Gasteiger partial charge in [0, 0.05) is 24.2 Å². The zero-order valence-electron chi connectivity index (χ0n) is 17.6. The summed E-state index contributed by atoms with van der Waals surface area (Å²) in [6, 6.07) is 0. The third kappa shape index (κ3) is 4.87. The molecule has 7 heteroatoms. The Morgan fingerprint density at radius 3 is 1.68 bits per heavy atom. The van der Waals surface area contributed by atoms with E-state index in [9.17, 15) is 4.79 Å². The molecule has 2 aliphatic rings. The lowest BCUT2D eigenvalue weighted by molar-refractivity contribution is -0.193. The van der Waals surface area contributed by atoms with Gasteiger partial charge in [0.2, 0.25) is 0 Å². The van der Waals surface area contributed by atoms with Gasteiger partial charge in [-0.3, -0.25) is 0 Å². The monoisotopic (exact) mass is 387 g/mol. The highest BCUT2D eigenvalue weighted by Gasteiger charge is 2.56. The number of ether oxygens (including phenoxy) is 3. The molecule has 1 spiro atoms. The Labute approximate surface area is 155 Å². The quantitative estimate of drug-likeness (QED) is 0.665. The van der Waals surface area contributed by atoms with Crippen molar-refractivity contribution in [3.63, 3.8) is 0 Å². The van der Waals surface area contributed by atoms with Gasteiger partial charge >= 0.3 is 6.09 Å². The second kappa shape index (κ2) is 6.66. The molecule has 2 fully saturated rings. The molecular weight excluding hydrogens is 350 g/mol. The van der Waals surface area contributed by atoms with Crippen LogP contribution in [0.2, 0.25) is 39.3 Å². The van der Waals surface area contributed by atoms with Gasteiger partial charge in [0.15, 0.2) is 5.79 Å². The lowest BCUT2D eigenvalue weighted by Crippen LogP contribution is -2.70. The average molecular weight is 388 g/mol. The lowest BCUT2D eigenvalue weighted by atomic mass is 10.0. The zero-order valence-corrected chi connectivity index (χ0v) is 19.6. The van der Waals surface area contributed by atoms with E-state index in [0.29, 0.717) is 13.2 Å². The summed E-state index contributed by atoms with van der Waals surface area (Å²) in [6.45, 7) is 21.1. The molecule has 0 aromatic carbocycles. The summed E-state index contributed by atoms with van der Waals surface area (Å²) in [7, 11) is -3.37. The predicted molar refractivity (Wildman–Crippen MR) is 106 cm³/mol. The van der Waals surface area contributed by atoms with Gasteiger partial charge in [-0.15, -0.1) is 0 Å². The Hall–Kier alpha value is -0.376. The molecule has 2 rings (SSSR count). The van der Waals surface area contributed by atoms with Crippen molar-refractivity contribution in [3.05, 3.63) is 0 Å². The number of nitrogens with zero attached hydrogens (tertiary/aromatic N) is 1. The average Bonchev–Trinajstić information content (AvgIpc) is 2.81.